The molecule has 0 heterocycles. The van der Waals surface area contributed by atoms with E-state index in [0.717, 1.165) is 11.3 Å². The number of hydrogen-bond donors (Lipinski definition) is 0. The molecule has 3 rings (SSSR count). The molecule has 21 heavy (non-hydrogen) atoms. The summed E-state index contributed by atoms with van der Waals surface area (Å²) in [6.45, 7) is 0. The van der Waals surface area contributed by atoms with Gasteiger partial charge in [-0.1, -0.05) is 36.4 Å². The molecule has 0 N–H and O–H groups in total. The van der Waals surface area contributed by atoms with Gasteiger partial charge < -0.3 is 4.90 Å². The Morgan fingerprint density at radius 2 is 1.38 bits per heavy atom. The van der Waals surface area contributed by atoms with Gasteiger partial charge in [-0.2, -0.15) is 0 Å². The highest BCUT2D eigenvalue weighted by molar-refractivity contribution is 6.26. The number of benzene rings is 2. The van der Waals surface area contributed by atoms with Crippen LogP contribution in [0.2, 0.25) is 0 Å². The van der Waals surface area contributed by atoms with Gasteiger partial charge in [-0.05, 0) is 24.1 Å². The van der Waals surface area contributed by atoms with Crippen molar-refractivity contribution in [3.63, 3.8) is 0 Å². The summed E-state index contributed by atoms with van der Waals surface area (Å²) in [6, 6.07) is 15.1. The summed E-state index contributed by atoms with van der Waals surface area (Å²) < 4.78 is 0. The van der Waals surface area contributed by atoms with E-state index in [1.165, 1.54) is 0 Å². The van der Waals surface area contributed by atoms with E-state index in [1.807, 2.05) is 43.3 Å². The third-order valence-electron chi connectivity index (χ3n) is 3.98. The Bertz CT molecular complexity index is 666. The summed E-state index contributed by atoms with van der Waals surface area (Å²) >= 11 is 0. The normalized spacial score (nSPS) is 14.4. The minimum Gasteiger partial charge on any atom is -0.378 e. The largest absolute Gasteiger partial charge is 0.378 e. The van der Waals surface area contributed by atoms with Crippen LogP contribution in [0, 0.1) is 5.92 Å². The van der Waals surface area contributed by atoms with E-state index in [0.29, 0.717) is 17.5 Å². The van der Waals surface area contributed by atoms with Crippen molar-refractivity contribution in [2.24, 2.45) is 5.92 Å². The molecule has 0 atom stereocenters. The molecule has 0 saturated heterocycles. The average Bonchev–Trinajstić information content (AvgIpc) is 2.73. The van der Waals surface area contributed by atoms with Crippen molar-refractivity contribution in [1.29, 1.82) is 0 Å². The van der Waals surface area contributed by atoms with Gasteiger partial charge in [0.1, 0.15) is 0 Å². The predicted octanol–water partition coefficient (Wildman–Crippen LogP) is 2.99. The van der Waals surface area contributed by atoms with Crippen LogP contribution in [0.4, 0.5) is 5.69 Å². The molecule has 2 aromatic carbocycles. The van der Waals surface area contributed by atoms with Gasteiger partial charge in [0.15, 0.2) is 11.6 Å². The van der Waals surface area contributed by atoms with E-state index in [1.54, 1.807) is 24.3 Å². The number of Topliss-reactive ketones (excluding diaryl/α,β-unsaturated/α-hetero) is 2. The fraction of sp³-hybridized carbons (Fsp3) is 0.222. The van der Waals surface area contributed by atoms with E-state index in [2.05, 4.69) is 0 Å². The van der Waals surface area contributed by atoms with Crippen LogP contribution >= 0.6 is 0 Å². The van der Waals surface area contributed by atoms with Crippen LogP contribution in [0.25, 0.3) is 0 Å². The molecule has 0 spiro atoms. The van der Waals surface area contributed by atoms with Gasteiger partial charge >= 0.3 is 0 Å². The number of ketones is 2. The quantitative estimate of drug-likeness (QED) is 0.811. The predicted molar refractivity (Wildman–Crippen MR) is 83.1 cm³/mol. The minimum absolute atomic E-state index is 0.0488. The Morgan fingerprint density at radius 3 is 1.86 bits per heavy atom. The maximum atomic E-state index is 12.4. The molecular weight excluding hydrogens is 262 g/mol. The van der Waals surface area contributed by atoms with Gasteiger partial charge in [0.2, 0.25) is 0 Å². The van der Waals surface area contributed by atoms with Crippen molar-refractivity contribution >= 4 is 17.3 Å². The highest BCUT2D eigenvalue weighted by Gasteiger charge is 2.37. The molecule has 2 aromatic rings. The molecule has 0 radical (unpaired) electrons. The summed E-state index contributed by atoms with van der Waals surface area (Å²) in [7, 11) is 3.96. The number of carbonyl (C=O) groups excluding carboxylic acids is 2. The zero-order valence-electron chi connectivity index (χ0n) is 12.2. The van der Waals surface area contributed by atoms with Gasteiger partial charge in [-0.25, -0.2) is 0 Å². The lowest BCUT2D eigenvalue weighted by Gasteiger charge is -2.13. The highest BCUT2D eigenvalue weighted by Crippen LogP contribution is 2.29. The molecular formula is C18H17NO2. The number of rotatable bonds is 3. The number of carbonyl (C=O) groups is 2. The van der Waals surface area contributed by atoms with Crippen LogP contribution in [0.3, 0.4) is 0 Å². The lowest BCUT2D eigenvalue weighted by atomic mass is 9.95. The van der Waals surface area contributed by atoms with Gasteiger partial charge in [-0.15, -0.1) is 0 Å². The van der Waals surface area contributed by atoms with Crippen LogP contribution in [-0.4, -0.2) is 25.7 Å². The van der Waals surface area contributed by atoms with Crippen molar-refractivity contribution in [2.45, 2.75) is 6.42 Å². The Hall–Kier alpha value is -2.42. The number of hydrogen-bond acceptors (Lipinski definition) is 3. The number of nitrogens with zero attached hydrogens (tertiary/aromatic N) is 1. The SMILES string of the molecule is CN(C)c1ccc(CC2C(=O)c3ccccc3C2=O)cc1. The standard InChI is InChI=1S/C18H17NO2/c1-19(2)13-9-7-12(8-10-13)11-16-17(20)14-5-3-4-6-15(14)18(16)21/h3-10,16H,11H2,1-2H3. The van der Waals surface area contributed by atoms with Gasteiger partial charge in [0, 0.05) is 30.9 Å². The van der Waals surface area contributed by atoms with Crippen molar-refractivity contribution in [1.82, 2.24) is 0 Å². The molecule has 0 fully saturated rings. The first-order chi connectivity index (χ1) is 10.1. The highest BCUT2D eigenvalue weighted by atomic mass is 16.2. The maximum absolute atomic E-state index is 12.4. The number of fused-ring (bicyclic) bond motifs is 1. The van der Waals surface area contributed by atoms with Gasteiger partial charge in [-0.3, -0.25) is 9.59 Å². The summed E-state index contributed by atoms with van der Waals surface area (Å²) in [5.74, 6) is -0.660. The Kier molecular flexibility index (Phi) is 3.34. The van der Waals surface area contributed by atoms with Crippen LogP contribution < -0.4 is 4.90 Å². The van der Waals surface area contributed by atoms with Crippen LogP contribution in [0.1, 0.15) is 26.3 Å². The van der Waals surface area contributed by atoms with E-state index in [9.17, 15) is 9.59 Å². The third-order valence-corrected chi connectivity index (χ3v) is 3.98. The Balaban J connectivity index is 1.83. The van der Waals surface area contributed by atoms with E-state index < -0.39 is 5.92 Å². The maximum Gasteiger partial charge on any atom is 0.174 e. The van der Waals surface area contributed by atoms with Crippen molar-refractivity contribution < 1.29 is 9.59 Å². The molecule has 0 saturated carbocycles. The molecule has 0 aromatic heterocycles. The molecule has 106 valence electrons. The zero-order valence-corrected chi connectivity index (χ0v) is 12.2. The zero-order chi connectivity index (χ0) is 15.0. The van der Waals surface area contributed by atoms with Gasteiger partial charge in [0.05, 0.1) is 5.92 Å². The molecule has 0 bridgehead atoms. The minimum atomic E-state index is -0.562. The summed E-state index contributed by atoms with van der Waals surface area (Å²) in [5, 5.41) is 0. The topological polar surface area (TPSA) is 37.4 Å². The molecule has 1 aliphatic carbocycles. The van der Waals surface area contributed by atoms with E-state index >= 15 is 0 Å². The molecule has 0 unspecified atom stereocenters. The van der Waals surface area contributed by atoms with Crippen molar-refractivity contribution in [3.05, 3.63) is 65.2 Å². The fourth-order valence-electron chi connectivity index (χ4n) is 2.76. The van der Waals surface area contributed by atoms with Crippen LogP contribution in [0.5, 0.6) is 0 Å². The monoisotopic (exact) mass is 279 g/mol. The molecule has 0 aliphatic heterocycles. The average molecular weight is 279 g/mol. The summed E-state index contributed by atoms with van der Waals surface area (Å²) in [5.41, 5.74) is 3.25. The molecule has 1 aliphatic rings. The van der Waals surface area contributed by atoms with Crippen LogP contribution in [0.15, 0.2) is 48.5 Å². The lowest BCUT2D eigenvalue weighted by molar-refractivity contribution is 0.0838. The first-order valence-corrected chi connectivity index (χ1v) is 7.01. The van der Waals surface area contributed by atoms with Crippen molar-refractivity contribution in [2.75, 3.05) is 19.0 Å². The van der Waals surface area contributed by atoms with E-state index in [4.69, 9.17) is 0 Å². The second-order valence-electron chi connectivity index (χ2n) is 5.59. The number of anilines is 1. The lowest BCUT2D eigenvalue weighted by Crippen LogP contribution is -2.18. The third kappa shape index (κ3) is 2.35. The first-order valence-electron chi connectivity index (χ1n) is 7.01. The second-order valence-corrected chi connectivity index (χ2v) is 5.59. The van der Waals surface area contributed by atoms with E-state index in [-0.39, 0.29) is 11.6 Å². The van der Waals surface area contributed by atoms with Crippen molar-refractivity contribution in [3.8, 4) is 0 Å². The summed E-state index contributed by atoms with van der Waals surface area (Å²) in [4.78, 5) is 26.7. The molecule has 3 heteroatoms. The van der Waals surface area contributed by atoms with Crippen LogP contribution in [-0.2, 0) is 6.42 Å². The molecule has 0 amide bonds. The molecule has 3 nitrogen and oxygen atoms in total. The summed E-state index contributed by atoms with van der Waals surface area (Å²) in [6.07, 6.45) is 0.472. The Labute approximate surface area is 124 Å². The smallest absolute Gasteiger partial charge is 0.174 e. The Morgan fingerprint density at radius 1 is 0.857 bits per heavy atom. The first kappa shape index (κ1) is 13.6. The fourth-order valence-corrected chi connectivity index (χ4v) is 2.76. The second kappa shape index (κ2) is 5.17. The van der Waals surface area contributed by atoms with Gasteiger partial charge in [0.25, 0.3) is 0 Å².